The van der Waals surface area contributed by atoms with E-state index < -0.39 is 9.84 Å². The van der Waals surface area contributed by atoms with Crippen LogP contribution < -0.4 is 0 Å². The molecule has 1 rings (SSSR count). The van der Waals surface area contributed by atoms with Crippen molar-refractivity contribution in [3.05, 3.63) is 23.5 Å². The zero-order valence-electron chi connectivity index (χ0n) is 10.0. The monoisotopic (exact) mass is 375 g/mol. The van der Waals surface area contributed by atoms with Gasteiger partial charge in [0.2, 0.25) is 0 Å². The van der Waals surface area contributed by atoms with Crippen molar-refractivity contribution in [1.82, 2.24) is 4.98 Å². The topological polar surface area (TPSA) is 47.0 Å². The van der Waals surface area contributed by atoms with Crippen molar-refractivity contribution in [2.75, 3.05) is 11.1 Å². The maximum absolute atomic E-state index is 12.1. The number of unbranched alkanes of at least 4 members (excludes halogenated alkanes) is 1. The van der Waals surface area contributed by atoms with Gasteiger partial charge in [-0.2, -0.15) is 0 Å². The van der Waals surface area contributed by atoms with Gasteiger partial charge in [0.05, 0.1) is 22.2 Å². The molecule has 1 aromatic rings. The van der Waals surface area contributed by atoms with Crippen LogP contribution in [0.1, 0.15) is 24.1 Å². The van der Waals surface area contributed by atoms with E-state index in [0.717, 1.165) is 11.8 Å². The summed E-state index contributed by atoms with van der Waals surface area (Å²) in [6.45, 7) is 1.75. The number of nitrogens with zero attached hydrogens (tertiary/aromatic N) is 1. The van der Waals surface area contributed by atoms with Crippen molar-refractivity contribution in [2.24, 2.45) is 0 Å². The average molecular weight is 377 g/mol. The molecule has 18 heavy (non-hydrogen) atoms. The third kappa shape index (κ3) is 4.68. The van der Waals surface area contributed by atoms with Gasteiger partial charge in [0.15, 0.2) is 9.84 Å². The summed E-state index contributed by atoms with van der Waals surface area (Å²) in [4.78, 5) is 4.42. The number of alkyl halides is 2. The van der Waals surface area contributed by atoms with Crippen LogP contribution >= 0.6 is 39.9 Å². The van der Waals surface area contributed by atoms with E-state index in [-0.39, 0.29) is 24.0 Å². The van der Waals surface area contributed by atoms with Crippen LogP contribution in [-0.2, 0) is 15.7 Å². The summed E-state index contributed by atoms with van der Waals surface area (Å²) in [5.41, 5.74) is 1.30. The Hall–Kier alpha value is 0.160. The van der Waals surface area contributed by atoms with Crippen molar-refractivity contribution in [3.8, 4) is 0 Å². The molecule has 7 heteroatoms. The Bertz CT molecular complexity index is 480. The van der Waals surface area contributed by atoms with Crippen LogP contribution in [0.4, 0.5) is 0 Å². The third-order valence-corrected chi connectivity index (χ3v) is 5.27. The summed E-state index contributed by atoms with van der Waals surface area (Å²) < 4.78 is 24.2. The van der Waals surface area contributed by atoms with Gasteiger partial charge in [-0.3, -0.25) is 4.98 Å². The van der Waals surface area contributed by atoms with Crippen molar-refractivity contribution in [3.63, 3.8) is 0 Å². The number of pyridine rings is 1. The number of hydrogen-bond acceptors (Lipinski definition) is 3. The van der Waals surface area contributed by atoms with E-state index in [2.05, 4.69) is 20.9 Å². The zero-order valence-corrected chi connectivity index (χ0v) is 14.0. The fraction of sp³-hybridized carbons (Fsp3) is 0.545. The molecule has 0 aliphatic carbocycles. The van der Waals surface area contributed by atoms with Gasteiger partial charge in [0, 0.05) is 11.5 Å². The second kappa shape index (κ2) is 8.35. The van der Waals surface area contributed by atoms with E-state index in [1.54, 1.807) is 13.0 Å². The highest BCUT2D eigenvalue weighted by molar-refractivity contribution is 9.09. The molecule has 0 aliphatic rings. The first kappa shape index (κ1) is 18.2. The maximum atomic E-state index is 12.1. The van der Waals surface area contributed by atoms with Crippen LogP contribution in [0.15, 0.2) is 17.2 Å². The van der Waals surface area contributed by atoms with Crippen molar-refractivity contribution in [1.29, 1.82) is 0 Å². The first-order valence-corrected chi connectivity index (χ1v) is 8.63. The summed E-state index contributed by atoms with van der Waals surface area (Å²) in [7, 11) is -3.22. The molecule has 0 radical (unpaired) electrons. The standard InChI is InChI=1S/C11H15BrClNO2S.ClH/c1-9-10(8-13)14-6-4-11(9)17(15,16)7-3-2-5-12;/h4,6H,2-3,5,7-8H2,1H3;1H. The van der Waals surface area contributed by atoms with Crippen LogP contribution in [0.2, 0.25) is 0 Å². The third-order valence-electron chi connectivity index (χ3n) is 2.52. The molecule has 0 unspecified atom stereocenters. The molecule has 0 saturated carbocycles. The fourth-order valence-electron chi connectivity index (χ4n) is 1.53. The first-order valence-electron chi connectivity index (χ1n) is 5.32. The van der Waals surface area contributed by atoms with Crippen LogP contribution in [0.3, 0.4) is 0 Å². The number of halogens is 3. The smallest absolute Gasteiger partial charge is 0.178 e. The molecule has 3 nitrogen and oxygen atoms in total. The highest BCUT2D eigenvalue weighted by Gasteiger charge is 2.18. The number of rotatable bonds is 6. The van der Waals surface area contributed by atoms with Crippen molar-refractivity contribution < 1.29 is 8.42 Å². The molecule has 1 aromatic heterocycles. The van der Waals surface area contributed by atoms with E-state index in [0.29, 0.717) is 22.6 Å². The second-order valence-electron chi connectivity index (χ2n) is 3.73. The highest BCUT2D eigenvalue weighted by Crippen LogP contribution is 2.20. The molecular formula is C11H16BrCl2NO2S. The van der Waals surface area contributed by atoms with Gasteiger partial charge >= 0.3 is 0 Å². The number of hydrogen-bond donors (Lipinski definition) is 0. The van der Waals surface area contributed by atoms with Crippen LogP contribution in [-0.4, -0.2) is 24.5 Å². The Morgan fingerprint density at radius 3 is 2.61 bits per heavy atom. The van der Waals surface area contributed by atoms with Gasteiger partial charge in [-0.15, -0.1) is 24.0 Å². The molecule has 0 atom stereocenters. The fourth-order valence-corrected chi connectivity index (χ4v) is 3.85. The lowest BCUT2D eigenvalue weighted by Crippen LogP contribution is -2.10. The second-order valence-corrected chi connectivity index (χ2v) is 6.87. The predicted octanol–water partition coefficient (Wildman–Crippen LogP) is 3.50. The predicted molar refractivity (Wildman–Crippen MR) is 80.9 cm³/mol. The summed E-state index contributed by atoms with van der Waals surface area (Å²) >= 11 is 9.01. The average Bonchev–Trinajstić information content (AvgIpc) is 2.29. The molecule has 0 N–H and O–H groups in total. The zero-order chi connectivity index (χ0) is 12.9. The van der Waals surface area contributed by atoms with E-state index >= 15 is 0 Å². The van der Waals surface area contributed by atoms with E-state index in [4.69, 9.17) is 11.6 Å². The molecule has 0 bridgehead atoms. The van der Waals surface area contributed by atoms with Crippen LogP contribution in [0.25, 0.3) is 0 Å². The van der Waals surface area contributed by atoms with Crippen LogP contribution in [0.5, 0.6) is 0 Å². The lowest BCUT2D eigenvalue weighted by molar-refractivity contribution is 0.592. The minimum atomic E-state index is -3.22. The molecule has 0 fully saturated rings. The molecular weight excluding hydrogens is 361 g/mol. The largest absolute Gasteiger partial charge is 0.260 e. The summed E-state index contributed by atoms with van der Waals surface area (Å²) in [5, 5.41) is 0.824. The molecule has 0 amide bonds. The molecule has 1 heterocycles. The van der Waals surface area contributed by atoms with Gasteiger partial charge in [0.25, 0.3) is 0 Å². The quantitative estimate of drug-likeness (QED) is 0.563. The van der Waals surface area contributed by atoms with E-state index in [1.165, 1.54) is 6.20 Å². The molecule has 104 valence electrons. The number of sulfone groups is 1. The maximum Gasteiger partial charge on any atom is 0.178 e. The minimum Gasteiger partial charge on any atom is -0.260 e. The van der Waals surface area contributed by atoms with E-state index in [9.17, 15) is 8.42 Å². The lowest BCUT2D eigenvalue weighted by atomic mass is 10.2. The Labute approximate surface area is 128 Å². The Kier molecular flexibility index (Phi) is 8.43. The van der Waals surface area contributed by atoms with E-state index in [1.807, 2.05) is 0 Å². The Balaban J connectivity index is 0.00000289. The molecule has 0 saturated heterocycles. The summed E-state index contributed by atoms with van der Waals surface area (Å²) in [6.07, 6.45) is 3.01. The molecule has 0 aliphatic heterocycles. The van der Waals surface area contributed by atoms with Gasteiger partial charge in [-0.25, -0.2) is 8.42 Å². The first-order chi connectivity index (χ1) is 8.03. The van der Waals surface area contributed by atoms with Gasteiger partial charge in [0.1, 0.15) is 0 Å². The number of aromatic nitrogens is 1. The SMILES string of the molecule is Cc1c(S(=O)(=O)CCCCBr)ccnc1CCl.Cl. The highest BCUT2D eigenvalue weighted by atomic mass is 79.9. The normalized spacial score (nSPS) is 11.1. The van der Waals surface area contributed by atoms with Gasteiger partial charge in [-0.05, 0) is 31.4 Å². The van der Waals surface area contributed by atoms with Crippen LogP contribution in [0, 0.1) is 6.92 Å². The summed E-state index contributed by atoms with van der Waals surface area (Å²) in [6, 6.07) is 1.55. The molecule has 0 aromatic carbocycles. The molecule has 0 spiro atoms. The minimum absolute atomic E-state index is 0. The summed E-state index contributed by atoms with van der Waals surface area (Å²) in [5.74, 6) is 0.405. The Morgan fingerprint density at radius 1 is 1.39 bits per heavy atom. The van der Waals surface area contributed by atoms with Gasteiger partial charge in [-0.1, -0.05) is 15.9 Å². The van der Waals surface area contributed by atoms with Gasteiger partial charge < -0.3 is 0 Å². The lowest BCUT2D eigenvalue weighted by Gasteiger charge is -2.09. The van der Waals surface area contributed by atoms with Crippen molar-refractivity contribution >= 4 is 49.8 Å². The van der Waals surface area contributed by atoms with Crippen molar-refractivity contribution in [2.45, 2.75) is 30.5 Å². The Morgan fingerprint density at radius 2 is 2.06 bits per heavy atom.